The van der Waals surface area contributed by atoms with Crippen LogP contribution >= 0.6 is 0 Å². The molecule has 1 aromatic carbocycles. The minimum atomic E-state index is 0.418. The summed E-state index contributed by atoms with van der Waals surface area (Å²) in [5.74, 6) is 0.418. The van der Waals surface area contributed by atoms with Gasteiger partial charge in [-0.15, -0.1) is 0 Å². The fraction of sp³-hybridized carbons (Fsp3) is 0.231. The fourth-order valence-electron chi connectivity index (χ4n) is 1.61. The zero-order valence-corrected chi connectivity index (χ0v) is 9.32. The van der Waals surface area contributed by atoms with E-state index in [4.69, 9.17) is 10.00 Å². The summed E-state index contributed by atoms with van der Waals surface area (Å²) < 4.78 is 5.33. The van der Waals surface area contributed by atoms with Crippen molar-refractivity contribution < 1.29 is 4.74 Å². The van der Waals surface area contributed by atoms with Crippen LogP contribution in [0.5, 0.6) is 5.88 Å². The number of nitrogens with zero attached hydrogens (tertiary/aromatic N) is 2. The molecule has 1 heterocycles. The van der Waals surface area contributed by atoms with Crippen LogP contribution in [0.2, 0.25) is 0 Å². The molecule has 0 aliphatic rings. The standard InChI is InChI=1S/C13H12N2O/c1-3-16-13-11(8-14)7-10-6-9(2)4-5-12(10)15-13/h4-7H,3H2,1-2H3. The van der Waals surface area contributed by atoms with Gasteiger partial charge in [-0.2, -0.15) is 5.26 Å². The number of pyridine rings is 1. The second kappa shape index (κ2) is 4.19. The van der Waals surface area contributed by atoms with Crippen LogP contribution in [0.4, 0.5) is 0 Å². The highest BCUT2D eigenvalue weighted by atomic mass is 16.5. The van der Waals surface area contributed by atoms with Crippen LogP contribution in [0.3, 0.4) is 0 Å². The van der Waals surface area contributed by atoms with E-state index in [1.54, 1.807) is 0 Å². The predicted molar refractivity (Wildman–Crippen MR) is 62.4 cm³/mol. The molecule has 0 atom stereocenters. The molecule has 0 saturated carbocycles. The zero-order valence-electron chi connectivity index (χ0n) is 9.32. The lowest BCUT2D eigenvalue weighted by atomic mass is 10.1. The number of benzene rings is 1. The lowest BCUT2D eigenvalue weighted by molar-refractivity contribution is 0.327. The number of aryl methyl sites for hydroxylation is 1. The van der Waals surface area contributed by atoms with E-state index in [0.29, 0.717) is 18.1 Å². The third kappa shape index (κ3) is 1.82. The number of aromatic nitrogens is 1. The molecule has 16 heavy (non-hydrogen) atoms. The first-order valence-corrected chi connectivity index (χ1v) is 5.19. The Hall–Kier alpha value is -2.08. The van der Waals surface area contributed by atoms with Crippen molar-refractivity contribution in [3.63, 3.8) is 0 Å². The van der Waals surface area contributed by atoms with Gasteiger partial charge in [0.15, 0.2) is 0 Å². The Kier molecular flexibility index (Phi) is 2.74. The molecular formula is C13H12N2O. The molecule has 2 aromatic rings. The van der Waals surface area contributed by atoms with Crippen LogP contribution in [0.25, 0.3) is 10.9 Å². The first-order chi connectivity index (χ1) is 7.74. The van der Waals surface area contributed by atoms with Crippen molar-refractivity contribution in [2.45, 2.75) is 13.8 Å². The highest BCUT2D eigenvalue weighted by Gasteiger charge is 2.07. The van der Waals surface area contributed by atoms with Crippen molar-refractivity contribution in [3.8, 4) is 11.9 Å². The summed E-state index contributed by atoms with van der Waals surface area (Å²) >= 11 is 0. The van der Waals surface area contributed by atoms with Crippen molar-refractivity contribution >= 4 is 10.9 Å². The van der Waals surface area contributed by atoms with Crippen LogP contribution < -0.4 is 4.74 Å². The average molecular weight is 212 g/mol. The SMILES string of the molecule is CCOc1nc2ccc(C)cc2cc1C#N. The van der Waals surface area contributed by atoms with Gasteiger partial charge in [-0.05, 0) is 32.0 Å². The molecule has 3 heteroatoms. The third-order valence-corrected chi connectivity index (χ3v) is 2.34. The lowest BCUT2D eigenvalue weighted by Gasteiger charge is -2.06. The zero-order chi connectivity index (χ0) is 11.5. The second-order valence-corrected chi connectivity index (χ2v) is 3.58. The van der Waals surface area contributed by atoms with Gasteiger partial charge in [-0.25, -0.2) is 4.98 Å². The minimum Gasteiger partial charge on any atom is -0.477 e. The monoisotopic (exact) mass is 212 g/mol. The first kappa shape index (κ1) is 10.4. The molecule has 3 nitrogen and oxygen atoms in total. The van der Waals surface area contributed by atoms with Gasteiger partial charge in [0.25, 0.3) is 0 Å². The van der Waals surface area contributed by atoms with E-state index in [1.165, 1.54) is 0 Å². The number of rotatable bonds is 2. The molecule has 0 unspecified atom stereocenters. The van der Waals surface area contributed by atoms with E-state index in [2.05, 4.69) is 11.1 Å². The molecule has 2 rings (SSSR count). The van der Waals surface area contributed by atoms with Crippen molar-refractivity contribution in [1.82, 2.24) is 4.98 Å². The molecule has 80 valence electrons. The highest BCUT2D eigenvalue weighted by molar-refractivity contribution is 5.81. The van der Waals surface area contributed by atoms with E-state index in [9.17, 15) is 0 Å². The molecule has 0 radical (unpaired) electrons. The number of hydrogen-bond donors (Lipinski definition) is 0. The van der Waals surface area contributed by atoms with E-state index in [-0.39, 0.29) is 0 Å². The van der Waals surface area contributed by atoms with Crippen molar-refractivity contribution in [2.75, 3.05) is 6.61 Å². The van der Waals surface area contributed by atoms with Crippen LogP contribution in [0.1, 0.15) is 18.1 Å². The maximum Gasteiger partial charge on any atom is 0.232 e. The number of nitriles is 1. The number of hydrogen-bond acceptors (Lipinski definition) is 3. The summed E-state index contributed by atoms with van der Waals surface area (Å²) in [5, 5.41) is 9.98. The van der Waals surface area contributed by atoms with Crippen LogP contribution in [0, 0.1) is 18.3 Å². The van der Waals surface area contributed by atoms with Gasteiger partial charge >= 0.3 is 0 Å². The van der Waals surface area contributed by atoms with Crippen LogP contribution in [0.15, 0.2) is 24.3 Å². The Labute approximate surface area is 94.3 Å². The molecular weight excluding hydrogens is 200 g/mol. The maximum absolute atomic E-state index is 9.00. The Morgan fingerprint density at radius 2 is 2.19 bits per heavy atom. The van der Waals surface area contributed by atoms with Crippen molar-refractivity contribution in [1.29, 1.82) is 5.26 Å². The predicted octanol–water partition coefficient (Wildman–Crippen LogP) is 2.81. The van der Waals surface area contributed by atoms with Gasteiger partial charge in [0, 0.05) is 5.39 Å². The summed E-state index contributed by atoms with van der Waals surface area (Å²) in [6.45, 7) is 4.41. The average Bonchev–Trinajstić information content (AvgIpc) is 2.29. The van der Waals surface area contributed by atoms with E-state index in [0.717, 1.165) is 16.5 Å². The normalized spacial score (nSPS) is 10.1. The molecule has 0 saturated heterocycles. The highest BCUT2D eigenvalue weighted by Crippen LogP contribution is 2.22. The summed E-state index contributed by atoms with van der Waals surface area (Å²) in [7, 11) is 0. The molecule has 0 fully saturated rings. The van der Waals surface area contributed by atoms with Gasteiger partial charge in [-0.1, -0.05) is 11.6 Å². The Morgan fingerprint density at radius 1 is 1.38 bits per heavy atom. The third-order valence-electron chi connectivity index (χ3n) is 2.34. The topological polar surface area (TPSA) is 45.9 Å². The van der Waals surface area contributed by atoms with E-state index >= 15 is 0 Å². The quantitative estimate of drug-likeness (QED) is 0.768. The first-order valence-electron chi connectivity index (χ1n) is 5.19. The van der Waals surface area contributed by atoms with Crippen LogP contribution in [-0.2, 0) is 0 Å². The van der Waals surface area contributed by atoms with E-state index < -0.39 is 0 Å². The summed E-state index contributed by atoms with van der Waals surface area (Å²) in [5.41, 5.74) is 2.50. The molecule has 1 aromatic heterocycles. The van der Waals surface area contributed by atoms with E-state index in [1.807, 2.05) is 38.1 Å². The second-order valence-electron chi connectivity index (χ2n) is 3.58. The molecule has 0 amide bonds. The van der Waals surface area contributed by atoms with Crippen LogP contribution in [-0.4, -0.2) is 11.6 Å². The van der Waals surface area contributed by atoms with Gasteiger partial charge in [0.2, 0.25) is 5.88 Å². The summed E-state index contributed by atoms with van der Waals surface area (Å²) in [4.78, 5) is 4.33. The van der Waals surface area contributed by atoms with Gasteiger partial charge in [-0.3, -0.25) is 0 Å². The molecule has 0 aliphatic carbocycles. The summed E-state index contributed by atoms with van der Waals surface area (Å²) in [6.07, 6.45) is 0. The minimum absolute atomic E-state index is 0.418. The largest absolute Gasteiger partial charge is 0.477 e. The Balaban J connectivity index is 2.66. The fourth-order valence-corrected chi connectivity index (χ4v) is 1.61. The maximum atomic E-state index is 9.00. The molecule has 0 bridgehead atoms. The molecule has 0 spiro atoms. The van der Waals surface area contributed by atoms with Gasteiger partial charge in [0.1, 0.15) is 11.6 Å². The smallest absolute Gasteiger partial charge is 0.232 e. The lowest BCUT2D eigenvalue weighted by Crippen LogP contribution is -1.97. The Morgan fingerprint density at radius 3 is 2.88 bits per heavy atom. The molecule has 0 aliphatic heterocycles. The Bertz CT molecular complexity index is 570. The van der Waals surface area contributed by atoms with Gasteiger partial charge < -0.3 is 4.74 Å². The summed E-state index contributed by atoms with van der Waals surface area (Å²) in [6, 6.07) is 9.87. The van der Waals surface area contributed by atoms with Gasteiger partial charge in [0.05, 0.1) is 12.1 Å². The number of fused-ring (bicyclic) bond motifs is 1. The van der Waals surface area contributed by atoms with Crippen molar-refractivity contribution in [2.24, 2.45) is 0 Å². The van der Waals surface area contributed by atoms with Crippen molar-refractivity contribution in [3.05, 3.63) is 35.4 Å². The molecule has 0 N–H and O–H groups in total. The number of ether oxygens (including phenoxy) is 1.